The lowest BCUT2D eigenvalue weighted by Gasteiger charge is -2.45. The van der Waals surface area contributed by atoms with Crippen LogP contribution in [0.2, 0.25) is 0 Å². The van der Waals surface area contributed by atoms with Crippen LogP contribution in [-0.2, 0) is 18.9 Å². The van der Waals surface area contributed by atoms with Crippen LogP contribution in [0.1, 0.15) is 118 Å². The highest BCUT2D eigenvalue weighted by Gasteiger charge is 2.47. The molecule has 0 bridgehead atoms. The van der Waals surface area contributed by atoms with Crippen molar-refractivity contribution < 1.29 is 43.5 Å². The van der Waals surface area contributed by atoms with E-state index in [0.717, 1.165) is 64.2 Å². The van der Waals surface area contributed by atoms with Gasteiger partial charge in [0.15, 0.2) is 12.2 Å². The molecule has 4 unspecified atom stereocenters. The van der Waals surface area contributed by atoms with E-state index in [4.69, 9.17) is 18.9 Å². The van der Waals surface area contributed by atoms with Crippen LogP contribution in [0, 0.1) is 0 Å². The number of hydrogen-bond acceptors (Lipinski definition) is 10. The number of likely N-dealkylation sites (tertiary alicyclic amines) is 1. The van der Waals surface area contributed by atoms with Gasteiger partial charge in [-0.2, -0.15) is 0 Å². The second-order valence-electron chi connectivity index (χ2n) is 13.5. The standard InChI is InChI=1S/C33H61N3O9/c1-6-8-21-42-31(40)44-27-23-35(26(24-37)28(38)29(27)45-32(41)43-22-9-7-2)19-15-10-11-16-20-36(25-17-13-12-14-18-25)30(39)34-33(3,4)5/h25-29,37-38H,6-24H2,1-5H3,(H,34,39). The van der Waals surface area contributed by atoms with E-state index in [2.05, 4.69) is 5.32 Å². The van der Waals surface area contributed by atoms with Gasteiger partial charge in [-0.15, -0.1) is 0 Å². The minimum absolute atomic E-state index is 0.00720. The zero-order valence-corrected chi connectivity index (χ0v) is 28.5. The van der Waals surface area contributed by atoms with Crippen molar-refractivity contribution in [3.8, 4) is 0 Å². The first-order valence-electron chi connectivity index (χ1n) is 17.3. The zero-order chi connectivity index (χ0) is 33.2. The van der Waals surface area contributed by atoms with Gasteiger partial charge in [0.05, 0.1) is 25.9 Å². The molecule has 0 spiro atoms. The molecule has 1 aliphatic carbocycles. The summed E-state index contributed by atoms with van der Waals surface area (Å²) in [5.41, 5.74) is -0.292. The molecule has 3 N–H and O–H groups in total. The van der Waals surface area contributed by atoms with E-state index in [1.807, 2.05) is 44.4 Å². The molecule has 45 heavy (non-hydrogen) atoms. The lowest BCUT2D eigenvalue weighted by Crippen LogP contribution is -2.64. The molecule has 1 aliphatic heterocycles. The molecule has 262 valence electrons. The van der Waals surface area contributed by atoms with Gasteiger partial charge in [-0.1, -0.05) is 58.8 Å². The fourth-order valence-corrected chi connectivity index (χ4v) is 5.94. The Balaban J connectivity index is 1.95. The molecule has 2 amide bonds. The Kier molecular flexibility index (Phi) is 17.9. The molecular weight excluding hydrogens is 582 g/mol. The Morgan fingerprint density at radius 2 is 1.47 bits per heavy atom. The maximum absolute atomic E-state index is 13.1. The first-order valence-corrected chi connectivity index (χ1v) is 17.3. The number of aliphatic hydroxyl groups excluding tert-OH is 2. The van der Waals surface area contributed by atoms with Gasteiger partial charge in [0.25, 0.3) is 0 Å². The molecule has 4 atom stereocenters. The number of aliphatic hydroxyl groups is 2. The van der Waals surface area contributed by atoms with E-state index in [9.17, 15) is 24.6 Å². The lowest BCUT2D eigenvalue weighted by atomic mass is 9.93. The van der Waals surface area contributed by atoms with Crippen LogP contribution in [-0.4, -0.2) is 114 Å². The average molecular weight is 644 g/mol. The van der Waals surface area contributed by atoms with E-state index in [0.29, 0.717) is 25.9 Å². The highest BCUT2D eigenvalue weighted by molar-refractivity contribution is 5.75. The van der Waals surface area contributed by atoms with Gasteiger partial charge in [-0.25, -0.2) is 14.4 Å². The van der Waals surface area contributed by atoms with Crippen molar-refractivity contribution in [1.29, 1.82) is 0 Å². The third-order valence-corrected chi connectivity index (χ3v) is 8.44. The summed E-state index contributed by atoms with van der Waals surface area (Å²) in [4.78, 5) is 41.8. The SMILES string of the molecule is CCCCOC(=O)OC1CN(CCCCCCN(C(=O)NC(C)(C)C)C2CCCCC2)C(CO)C(O)C1OC(=O)OCCCC. The Morgan fingerprint density at radius 3 is 2.04 bits per heavy atom. The van der Waals surface area contributed by atoms with Gasteiger partial charge in [0.1, 0.15) is 6.10 Å². The van der Waals surface area contributed by atoms with Crippen LogP contribution in [0.5, 0.6) is 0 Å². The third-order valence-electron chi connectivity index (χ3n) is 8.44. The van der Waals surface area contributed by atoms with Crippen molar-refractivity contribution in [2.75, 3.05) is 39.5 Å². The molecular formula is C33H61N3O9. The molecule has 12 nitrogen and oxygen atoms in total. The minimum Gasteiger partial charge on any atom is -0.434 e. The molecule has 2 rings (SSSR count). The second kappa shape index (κ2) is 20.7. The van der Waals surface area contributed by atoms with Crippen molar-refractivity contribution in [2.24, 2.45) is 0 Å². The van der Waals surface area contributed by atoms with Crippen LogP contribution >= 0.6 is 0 Å². The minimum atomic E-state index is -1.30. The quantitative estimate of drug-likeness (QED) is 0.140. The van der Waals surface area contributed by atoms with Gasteiger partial charge in [0.2, 0.25) is 0 Å². The number of amides is 2. The normalized spacial score (nSPS) is 22.8. The van der Waals surface area contributed by atoms with Gasteiger partial charge in [-0.3, -0.25) is 4.90 Å². The van der Waals surface area contributed by atoms with E-state index in [-0.39, 0.29) is 44.0 Å². The first kappa shape index (κ1) is 38.9. The fraction of sp³-hybridized carbons (Fsp3) is 0.909. The van der Waals surface area contributed by atoms with E-state index in [1.165, 1.54) is 6.42 Å². The Labute approximate surface area is 270 Å². The number of unbranched alkanes of at least 4 members (excludes halogenated alkanes) is 5. The smallest absolute Gasteiger partial charge is 0.434 e. The van der Waals surface area contributed by atoms with E-state index < -0.39 is 36.7 Å². The summed E-state index contributed by atoms with van der Waals surface area (Å²) in [5.74, 6) is 0. The predicted molar refractivity (Wildman–Crippen MR) is 171 cm³/mol. The molecule has 2 fully saturated rings. The van der Waals surface area contributed by atoms with Gasteiger partial charge in [0, 0.05) is 24.7 Å². The Hall–Kier alpha value is -2.31. The number of rotatable bonds is 17. The molecule has 0 radical (unpaired) electrons. The third kappa shape index (κ3) is 14.3. The number of urea groups is 1. The van der Waals surface area contributed by atoms with Crippen molar-refractivity contribution in [1.82, 2.24) is 15.1 Å². The van der Waals surface area contributed by atoms with Crippen molar-refractivity contribution in [2.45, 2.75) is 154 Å². The summed E-state index contributed by atoms with van der Waals surface area (Å²) in [7, 11) is 0. The summed E-state index contributed by atoms with van der Waals surface area (Å²) < 4.78 is 21.2. The number of hydrogen-bond donors (Lipinski definition) is 3. The molecule has 0 aromatic heterocycles. The maximum Gasteiger partial charge on any atom is 0.508 e. The lowest BCUT2D eigenvalue weighted by molar-refractivity contribution is -0.161. The second-order valence-corrected chi connectivity index (χ2v) is 13.5. The predicted octanol–water partition coefficient (Wildman–Crippen LogP) is 5.37. The Morgan fingerprint density at radius 1 is 0.867 bits per heavy atom. The Bertz CT molecular complexity index is 863. The molecule has 1 heterocycles. The van der Waals surface area contributed by atoms with Crippen LogP contribution < -0.4 is 5.32 Å². The van der Waals surface area contributed by atoms with Gasteiger partial charge in [-0.05, 0) is 65.8 Å². The number of carbonyl (C=O) groups is 3. The van der Waals surface area contributed by atoms with E-state index in [1.54, 1.807) is 0 Å². The summed E-state index contributed by atoms with van der Waals surface area (Å²) in [5, 5.41) is 24.5. The summed E-state index contributed by atoms with van der Waals surface area (Å²) in [6.07, 6.45) is 6.78. The number of ether oxygens (including phenoxy) is 4. The maximum atomic E-state index is 13.1. The monoisotopic (exact) mass is 643 g/mol. The van der Waals surface area contributed by atoms with Crippen LogP contribution in [0.25, 0.3) is 0 Å². The molecule has 2 aliphatic rings. The van der Waals surface area contributed by atoms with Crippen molar-refractivity contribution in [3.63, 3.8) is 0 Å². The summed E-state index contributed by atoms with van der Waals surface area (Å²) in [6, 6.07) is -0.420. The van der Waals surface area contributed by atoms with Crippen molar-refractivity contribution in [3.05, 3.63) is 0 Å². The molecule has 1 saturated carbocycles. The number of nitrogens with zero attached hydrogens (tertiary/aromatic N) is 2. The average Bonchev–Trinajstić information content (AvgIpc) is 2.98. The van der Waals surface area contributed by atoms with Crippen LogP contribution in [0.4, 0.5) is 14.4 Å². The molecule has 0 aromatic rings. The van der Waals surface area contributed by atoms with Gasteiger partial charge < -0.3 is 39.4 Å². The summed E-state index contributed by atoms with van der Waals surface area (Å²) in [6.45, 7) is 11.4. The molecule has 0 aromatic carbocycles. The van der Waals surface area contributed by atoms with Crippen molar-refractivity contribution >= 4 is 18.3 Å². The topological polar surface area (TPSA) is 147 Å². The largest absolute Gasteiger partial charge is 0.508 e. The van der Waals surface area contributed by atoms with E-state index >= 15 is 0 Å². The first-order chi connectivity index (χ1) is 21.5. The fourth-order valence-electron chi connectivity index (χ4n) is 5.94. The highest BCUT2D eigenvalue weighted by Crippen LogP contribution is 2.26. The molecule has 1 saturated heterocycles. The van der Waals surface area contributed by atoms with Gasteiger partial charge >= 0.3 is 18.3 Å². The number of carbonyl (C=O) groups excluding carboxylic acids is 3. The zero-order valence-electron chi connectivity index (χ0n) is 28.5. The highest BCUT2D eigenvalue weighted by atomic mass is 16.8. The number of piperidine rings is 1. The number of nitrogens with one attached hydrogen (secondary N) is 1. The summed E-state index contributed by atoms with van der Waals surface area (Å²) >= 11 is 0. The molecule has 12 heteroatoms. The van der Waals surface area contributed by atoms with Crippen LogP contribution in [0.15, 0.2) is 0 Å². The van der Waals surface area contributed by atoms with Crippen LogP contribution in [0.3, 0.4) is 0 Å².